The second kappa shape index (κ2) is 5.75. The van der Waals surface area contributed by atoms with Gasteiger partial charge in [-0.25, -0.2) is 9.37 Å². The molecule has 0 aliphatic carbocycles. The Morgan fingerprint density at radius 3 is 2.63 bits per heavy atom. The van der Waals surface area contributed by atoms with Crippen molar-refractivity contribution in [3.05, 3.63) is 47.2 Å². The van der Waals surface area contributed by atoms with Crippen molar-refractivity contribution in [1.82, 2.24) is 9.97 Å². The van der Waals surface area contributed by atoms with Gasteiger partial charge in [0.25, 0.3) is 0 Å². The average molecular weight is 262 g/mol. The van der Waals surface area contributed by atoms with Crippen molar-refractivity contribution in [3.63, 3.8) is 0 Å². The predicted molar refractivity (Wildman–Crippen MR) is 68.7 cm³/mol. The molecule has 4 nitrogen and oxygen atoms in total. The summed E-state index contributed by atoms with van der Waals surface area (Å²) in [6, 6.07) is 6.28. The fraction of sp³-hybridized carbons (Fsp3) is 0.286. The second-order valence-corrected chi connectivity index (χ2v) is 4.21. The fourth-order valence-corrected chi connectivity index (χ4v) is 1.65. The van der Waals surface area contributed by atoms with E-state index in [9.17, 15) is 4.39 Å². The third-order valence-corrected chi connectivity index (χ3v) is 2.50. The first-order chi connectivity index (χ1) is 9.08. The van der Waals surface area contributed by atoms with Crippen LogP contribution in [0.1, 0.15) is 17.1 Å². The SMILES string of the molecule is COCc1nc(C)cc(Oc2ccc(F)c(C)c2)n1. The lowest BCUT2D eigenvalue weighted by atomic mass is 10.2. The molecule has 0 bridgehead atoms. The Morgan fingerprint density at radius 1 is 1.16 bits per heavy atom. The molecule has 0 aliphatic rings. The Bertz CT molecular complexity index is 588. The number of methoxy groups -OCH3 is 1. The summed E-state index contributed by atoms with van der Waals surface area (Å²) in [4.78, 5) is 8.44. The van der Waals surface area contributed by atoms with E-state index in [0.29, 0.717) is 29.6 Å². The molecule has 100 valence electrons. The molecule has 0 N–H and O–H groups in total. The van der Waals surface area contributed by atoms with E-state index in [1.807, 2.05) is 6.92 Å². The number of halogens is 1. The van der Waals surface area contributed by atoms with Crippen molar-refractivity contribution in [2.45, 2.75) is 20.5 Å². The summed E-state index contributed by atoms with van der Waals surface area (Å²) >= 11 is 0. The molecule has 0 saturated heterocycles. The molecule has 5 heteroatoms. The van der Waals surface area contributed by atoms with Crippen LogP contribution in [0.4, 0.5) is 4.39 Å². The molecule has 0 radical (unpaired) electrons. The normalized spacial score (nSPS) is 10.5. The standard InChI is InChI=1S/C14H15FN2O2/c1-9-6-11(4-5-12(9)15)19-14-7-10(2)16-13(17-14)8-18-3/h4-7H,8H2,1-3H3. The Morgan fingerprint density at radius 2 is 1.95 bits per heavy atom. The van der Waals surface area contributed by atoms with Crippen molar-refractivity contribution in [3.8, 4) is 11.6 Å². The average Bonchev–Trinajstić information content (AvgIpc) is 2.33. The number of rotatable bonds is 4. The van der Waals surface area contributed by atoms with E-state index < -0.39 is 0 Å². The van der Waals surface area contributed by atoms with E-state index in [1.54, 1.807) is 32.2 Å². The lowest BCUT2D eigenvalue weighted by Crippen LogP contribution is -2.00. The molecule has 2 rings (SSSR count). The predicted octanol–water partition coefficient (Wildman–Crippen LogP) is 3.17. The Balaban J connectivity index is 2.24. The summed E-state index contributed by atoms with van der Waals surface area (Å²) in [6.45, 7) is 3.86. The minimum Gasteiger partial charge on any atom is -0.439 e. The number of hydrogen-bond donors (Lipinski definition) is 0. The van der Waals surface area contributed by atoms with Gasteiger partial charge in [-0.2, -0.15) is 4.98 Å². The third-order valence-electron chi connectivity index (χ3n) is 2.50. The Labute approximate surface area is 111 Å². The van der Waals surface area contributed by atoms with Crippen LogP contribution in [0.2, 0.25) is 0 Å². The van der Waals surface area contributed by atoms with Gasteiger partial charge in [0.05, 0.1) is 0 Å². The Hall–Kier alpha value is -2.01. The second-order valence-electron chi connectivity index (χ2n) is 4.21. The van der Waals surface area contributed by atoms with E-state index in [-0.39, 0.29) is 5.82 Å². The number of nitrogens with zero attached hydrogens (tertiary/aromatic N) is 2. The highest BCUT2D eigenvalue weighted by Crippen LogP contribution is 2.22. The van der Waals surface area contributed by atoms with E-state index in [0.717, 1.165) is 5.69 Å². The summed E-state index contributed by atoms with van der Waals surface area (Å²) < 4.78 is 23.8. The van der Waals surface area contributed by atoms with Gasteiger partial charge in [0.1, 0.15) is 18.2 Å². The molecule has 1 heterocycles. The van der Waals surface area contributed by atoms with Crippen molar-refractivity contribution < 1.29 is 13.9 Å². The molecule has 19 heavy (non-hydrogen) atoms. The highest BCUT2D eigenvalue weighted by molar-refractivity contribution is 5.32. The van der Waals surface area contributed by atoms with Gasteiger partial charge in [-0.05, 0) is 37.6 Å². The number of aryl methyl sites for hydroxylation is 2. The molecular formula is C14H15FN2O2. The molecule has 1 aromatic carbocycles. The molecule has 0 amide bonds. The highest BCUT2D eigenvalue weighted by atomic mass is 19.1. The molecule has 0 atom stereocenters. The molecule has 0 unspecified atom stereocenters. The van der Waals surface area contributed by atoms with Crippen LogP contribution in [-0.2, 0) is 11.3 Å². The van der Waals surface area contributed by atoms with E-state index >= 15 is 0 Å². The quantitative estimate of drug-likeness (QED) is 0.849. The van der Waals surface area contributed by atoms with Crippen LogP contribution in [0.15, 0.2) is 24.3 Å². The first-order valence-corrected chi connectivity index (χ1v) is 5.86. The molecule has 2 aromatic rings. The van der Waals surface area contributed by atoms with Gasteiger partial charge in [0, 0.05) is 18.9 Å². The van der Waals surface area contributed by atoms with Crippen LogP contribution in [0.3, 0.4) is 0 Å². The first kappa shape index (κ1) is 13.4. The van der Waals surface area contributed by atoms with E-state index in [2.05, 4.69) is 9.97 Å². The number of benzene rings is 1. The molecule has 0 aliphatic heterocycles. The van der Waals surface area contributed by atoms with Crippen LogP contribution in [-0.4, -0.2) is 17.1 Å². The third kappa shape index (κ3) is 3.48. The van der Waals surface area contributed by atoms with Gasteiger partial charge in [0.15, 0.2) is 5.82 Å². The van der Waals surface area contributed by atoms with Crippen LogP contribution in [0.25, 0.3) is 0 Å². The van der Waals surface area contributed by atoms with Gasteiger partial charge < -0.3 is 9.47 Å². The highest BCUT2D eigenvalue weighted by Gasteiger charge is 2.06. The lowest BCUT2D eigenvalue weighted by molar-refractivity contribution is 0.177. The largest absolute Gasteiger partial charge is 0.439 e. The first-order valence-electron chi connectivity index (χ1n) is 5.86. The van der Waals surface area contributed by atoms with E-state index in [1.165, 1.54) is 6.07 Å². The lowest BCUT2D eigenvalue weighted by Gasteiger charge is -2.08. The van der Waals surface area contributed by atoms with Crippen molar-refractivity contribution >= 4 is 0 Å². The smallest absolute Gasteiger partial charge is 0.222 e. The number of ether oxygens (including phenoxy) is 2. The molecule has 0 spiro atoms. The van der Waals surface area contributed by atoms with Crippen LogP contribution < -0.4 is 4.74 Å². The Kier molecular flexibility index (Phi) is 4.06. The summed E-state index contributed by atoms with van der Waals surface area (Å²) in [7, 11) is 1.58. The minimum absolute atomic E-state index is 0.258. The van der Waals surface area contributed by atoms with Crippen LogP contribution in [0, 0.1) is 19.7 Å². The topological polar surface area (TPSA) is 44.2 Å². The van der Waals surface area contributed by atoms with E-state index in [4.69, 9.17) is 9.47 Å². The van der Waals surface area contributed by atoms with Crippen molar-refractivity contribution in [2.75, 3.05) is 7.11 Å². The van der Waals surface area contributed by atoms with Crippen molar-refractivity contribution in [1.29, 1.82) is 0 Å². The zero-order valence-electron chi connectivity index (χ0n) is 11.1. The molecule has 0 fully saturated rings. The molecule has 1 aromatic heterocycles. The van der Waals surface area contributed by atoms with Crippen LogP contribution >= 0.6 is 0 Å². The maximum atomic E-state index is 13.2. The monoisotopic (exact) mass is 262 g/mol. The van der Waals surface area contributed by atoms with Gasteiger partial charge in [-0.1, -0.05) is 0 Å². The van der Waals surface area contributed by atoms with Gasteiger partial charge in [-0.3, -0.25) is 0 Å². The fourth-order valence-electron chi connectivity index (χ4n) is 1.65. The van der Waals surface area contributed by atoms with Crippen molar-refractivity contribution in [2.24, 2.45) is 0 Å². The summed E-state index contributed by atoms with van der Waals surface area (Å²) in [5, 5.41) is 0. The minimum atomic E-state index is -0.258. The number of hydrogen-bond acceptors (Lipinski definition) is 4. The number of aromatic nitrogens is 2. The zero-order valence-corrected chi connectivity index (χ0v) is 11.1. The van der Waals surface area contributed by atoms with Gasteiger partial charge in [-0.15, -0.1) is 0 Å². The maximum absolute atomic E-state index is 13.2. The summed E-state index contributed by atoms with van der Waals surface area (Å²) in [6.07, 6.45) is 0. The zero-order chi connectivity index (χ0) is 13.8. The van der Waals surface area contributed by atoms with Crippen LogP contribution in [0.5, 0.6) is 11.6 Å². The molecule has 0 saturated carbocycles. The van der Waals surface area contributed by atoms with Gasteiger partial charge >= 0.3 is 0 Å². The molecular weight excluding hydrogens is 247 g/mol. The maximum Gasteiger partial charge on any atom is 0.222 e. The summed E-state index contributed by atoms with van der Waals surface area (Å²) in [5.41, 5.74) is 1.32. The van der Waals surface area contributed by atoms with Gasteiger partial charge in [0.2, 0.25) is 5.88 Å². The summed E-state index contributed by atoms with van der Waals surface area (Å²) in [5.74, 6) is 1.26.